The van der Waals surface area contributed by atoms with Crippen molar-refractivity contribution in [3.63, 3.8) is 0 Å². The molecule has 1 heterocycles. The van der Waals surface area contributed by atoms with Gasteiger partial charge >= 0.3 is 0 Å². The van der Waals surface area contributed by atoms with Gasteiger partial charge in [-0.2, -0.15) is 5.10 Å². The average molecular weight is 410 g/mol. The molecule has 0 saturated heterocycles. The number of benzene rings is 3. The molecule has 0 aliphatic rings. The van der Waals surface area contributed by atoms with E-state index < -0.39 is 4.92 Å². The van der Waals surface area contributed by atoms with Crippen LogP contribution < -0.4 is 5.43 Å². The number of carbonyl (C=O) groups is 1. The summed E-state index contributed by atoms with van der Waals surface area (Å²) in [6, 6.07) is 27.2. The molecule has 2 N–H and O–H groups in total. The molecule has 0 unspecified atom stereocenters. The lowest BCUT2D eigenvalue weighted by molar-refractivity contribution is -0.384. The van der Waals surface area contributed by atoms with Crippen LogP contribution in [-0.4, -0.2) is 22.0 Å². The molecule has 4 rings (SSSR count). The van der Waals surface area contributed by atoms with E-state index in [1.54, 1.807) is 12.1 Å². The van der Waals surface area contributed by atoms with Gasteiger partial charge in [0.2, 0.25) is 0 Å². The maximum absolute atomic E-state index is 12.9. The number of hydrogen-bond donors (Lipinski definition) is 2. The lowest BCUT2D eigenvalue weighted by atomic mass is 10.0. The van der Waals surface area contributed by atoms with Gasteiger partial charge in [-0.3, -0.25) is 14.9 Å². The lowest BCUT2D eigenvalue weighted by Crippen LogP contribution is -2.18. The van der Waals surface area contributed by atoms with Crippen LogP contribution in [-0.2, 0) is 0 Å². The van der Waals surface area contributed by atoms with Crippen LogP contribution >= 0.6 is 0 Å². The number of nitro groups is 1. The molecule has 0 saturated carbocycles. The van der Waals surface area contributed by atoms with E-state index >= 15 is 0 Å². The van der Waals surface area contributed by atoms with E-state index in [1.165, 1.54) is 18.3 Å². The van der Waals surface area contributed by atoms with Crippen molar-refractivity contribution in [3.8, 4) is 22.4 Å². The second-order valence-electron chi connectivity index (χ2n) is 6.75. The molecule has 0 atom stereocenters. The van der Waals surface area contributed by atoms with Gasteiger partial charge in [-0.05, 0) is 34.9 Å². The second kappa shape index (κ2) is 8.87. The molecule has 0 spiro atoms. The topological polar surface area (TPSA) is 100 Å². The number of hydrazone groups is 1. The minimum Gasteiger partial charge on any atom is -0.350 e. The standard InChI is InChI=1S/C24H18N4O3/c29-24(27-25-16-17-11-13-20(14-12-17)28(30)31)23-21(18-7-3-1-4-8-18)15-22(26-23)19-9-5-2-6-10-19/h1-16,26H,(H,27,29)/b25-16+. The zero-order chi connectivity index (χ0) is 21.6. The summed E-state index contributed by atoms with van der Waals surface area (Å²) in [6.07, 6.45) is 1.44. The third-order valence-electron chi connectivity index (χ3n) is 4.70. The summed E-state index contributed by atoms with van der Waals surface area (Å²) in [5, 5.41) is 14.7. The molecule has 0 radical (unpaired) electrons. The average Bonchev–Trinajstić information content (AvgIpc) is 3.26. The molecule has 7 heteroatoms. The highest BCUT2D eigenvalue weighted by atomic mass is 16.6. The Hall–Kier alpha value is -4.52. The van der Waals surface area contributed by atoms with Crippen LogP contribution in [0.1, 0.15) is 16.1 Å². The molecule has 1 amide bonds. The molecule has 1 aromatic heterocycles. The Bertz CT molecular complexity index is 1230. The van der Waals surface area contributed by atoms with Crippen LogP contribution in [0, 0.1) is 10.1 Å². The Labute approximate surface area is 178 Å². The van der Waals surface area contributed by atoms with E-state index in [9.17, 15) is 14.9 Å². The molecule has 152 valence electrons. The number of non-ortho nitro benzene ring substituents is 1. The quantitative estimate of drug-likeness (QED) is 0.265. The van der Waals surface area contributed by atoms with Crippen LogP contribution in [0.3, 0.4) is 0 Å². The predicted octanol–water partition coefficient (Wildman–Crippen LogP) is 5.02. The zero-order valence-electron chi connectivity index (χ0n) is 16.4. The zero-order valence-corrected chi connectivity index (χ0v) is 16.4. The molecule has 4 aromatic rings. The predicted molar refractivity (Wildman–Crippen MR) is 120 cm³/mol. The third-order valence-corrected chi connectivity index (χ3v) is 4.70. The molecular formula is C24H18N4O3. The summed E-state index contributed by atoms with van der Waals surface area (Å²) in [4.78, 5) is 26.3. The minimum absolute atomic E-state index is 0.00600. The van der Waals surface area contributed by atoms with Crippen LogP contribution in [0.2, 0.25) is 0 Å². The summed E-state index contributed by atoms with van der Waals surface area (Å²) >= 11 is 0. The number of nitrogens with one attached hydrogen (secondary N) is 2. The monoisotopic (exact) mass is 410 g/mol. The molecule has 0 aliphatic heterocycles. The lowest BCUT2D eigenvalue weighted by Gasteiger charge is -2.03. The van der Waals surface area contributed by atoms with E-state index in [0.717, 1.165) is 22.4 Å². The van der Waals surface area contributed by atoms with Crippen LogP contribution in [0.25, 0.3) is 22.4 Å². The van der Waals surface area contributed by atoms with Crippen molar-refractivity contribution >= 4 is 17.8 Å². The highest BCUT2D eigenvalue weighted by Gasteiger charge is 2.17. The van der Waals surface area contributed by atoms with Gasteiger partial charge in [0, 0.05) is 23.4 Å². The minimum atomic E-state index is -0.469. The highest BCUT2D eigenvalue weighted by molar-refractivity contribution is 6.01. The van der Waals surface area contributed by atoms with Gasteiger partial charge in [0.05, 0.1) is 11.1 Å². The summed E-state index contributed by atoms with van der Waals surface area (Å²) in [5.74, 6) is -0.390. The maximum atomic E-state index is 12.9. The summed E-state index contributed by atoms with van der Waals surface area (Å²) in [5.41, 5.74) is 7.01. The van der Waals surface area contributed by atoms with Gasteiger partial charge in [-0.15, -0.1) is 0 Å². The summed E-state index contributed by atoms with van der Waals surface area (Å²) in [7, 11) is 0. The molecular weight excluding hydrogens is 392 g/mol. The first-order valence-corrected chi connectivity index (χ1v) is 9.53. The molecule has 0 bridgehead atoms. The first-order chi connectivity index (χ1) is 15.1. The number of nitro benzene ring substituents is 1. The van der Waals surface area contributed by atoms with Gasteiger partial charge in [0.15, 0.2) is 0 Å². The number of aromatic amines is 1. The van der Waals surface area contributed by atoms with Crippen LogP contribution in [0.15, 0.2) is 96.1 Å². The molecule has 0 aliphatic carbocycles. The molecule has 7 nitrogen and oxygen atoms in total. The van der Waals surface area contributed by atoms with E-state index in [1.807, 2.05) is 66.7 Å². The Kier molecular flexibility index (Phi) is 5.66. The third kappa shape index (κ3) is 4.56. The summed E-state index contributed by atoms with van der Waals surface area (Å²) in [6.45, 7) is 0. The maximum Gasteiger partial charge on any atom is 0.288 e. The van der Waals surface area contributed by atoms with Crippen molar-refractivity contribution in [2.24, 2.45) is 5.10 Å². The fourth-order valence-electron chi connectivity index (χ4n) is 3.16. The van der Waals surface area contributed by atoms with Gasteiger partial charge in [0.1, 0.15) is 5.69 Å². The van der Waals surface area contributed by atoms with E-state index in [4.69, 9.17) is 0 Å². The van der Waals surface area contributed by atoms with E-state index in [-0.39, 0.29) is 11.6 Å². The van der Waals surface area contributed by atoms with Crippen molar-refractivity contribution in [3.05, 3.63) is 112 Å². The Morgan fingerprint density at radius 2 is 1.52 bits per heavy atom. The van der Waals surface area contributed by atoms with Crippen molar-refractivity contribution in [2.75, 3.05) is 0 Å². The number of H-pyrrole nitrogens is 1. The van der Waals surface area contributed by atoms with Gasteiger partial charge in [0.25, 0.3) is 11.6 Å². The van der Waals surface area contributed by atoms with E-state index in [2.05, 4.69) is 15.5 Å². The number of aromatic nitrogens is 1. The number of carbonyl (C=O) groups excluding carboxylic acids is 1. The first-order valence-electron chi connectivity index (χ1n) is 9.53. The molecule has 31 heavy (non-hydrogen) atoms. The second-order valence-corrected chi connectivity index (χ2v) is 6.75. The fourth-order valence-corrected chi connectivity index (χ4v) is 3.16. The Morgan fingerprint density at radius 1 is 0.903 bits per heavy atom. The molecule has 3 aromatic carbocycles. The number of rotatable bonds is 6. The van der Waals surface area contributed by atoms with Gasteiger partial charge < -0.3 is 4.98 Å². The van der Waals surface area contributed by atoms with Gasteiger partial charge in [-0.1, -0.05) is 60.7 Å². The largest absolute Gasteiger partial charge is 0.350 e. The van der Waals surface area contributed by atoms with Gasteiger partial charge in [-0.25, -0.2) is 5.43 Å². The summed E-state index contributed by atoms with van der Waals surface area (Å²) < 4.78 is 0. The smallest absolute Gasteiger partial charge is 0.288 e. The number of amides is 1. The van der Waals surface area contributed by atoms with Crippen molar-refractivity contribution in [1.82, 2.24) is 10.4 Å². The fraction of sp³-hybridized carbons (Fsp3) is 0. The Balaban J connectivity index is 1.59. The number of hydrogen-bond acceptors (Lipinski definition) is 4. The van der Waals surface area contributed by atoms with Crippen LogP contribution in [0.4, 0.5) is 5.69 Å². The Morgan fingerprint density at radius 3 is 2.13 bits per heavy atom. The first kappa shape index (κ1) is 19.8. The van der Waals surface area contributed by atoms with E-state index in [0.29, 0.717) is 11.3 Å². The van der Waals surface area contributed by atoms with Crippen molar-refractivity contribution in [1.29, 1.82) is 0 Å². The van der Waals surface area contributed by atoms with Crippen molar-refractivity contribution < 1.29 is 9.72 Å². The molecule has 0 fully saturated rings. The number of nitrogens with zero attached hydrogens (tertiary/aromatic N) is 2. The normalized spacial score (nSPS) is 10.8. The highest BCUT2D eigenvalue weighted by Crippen LogP contribution is 2.29. The van der Waals surface area contributed by atoms with Crippen LogP contribution in [0.5, 0.6) is 0 Å². The van der Waals surface area contributed by atoms with Crippen molar-refractivity contribution in [2.45, 2.75) is 0 Å². The SMILES string of the molecule is O=C(N/N=C/c1ccc([N+](=O)[O-])cc1)c1[nH]c(-c2ccccc2)cc1-c1ccccc1.